The maximum Gasteiger partial charge on any atom is 0.165 e. The number of likely N-dealkylation sites (tertiary alicyclic amines) is 1. The Kier molecular flexibility index (Phi) is 6.95. The summed E-state index contributed by atoms with van der Waals surface area (Å²) in [6.45, 7) is 12.0. The third-order valence-corrected chi connectivity index (χ3v) is 8.62. The molecule has 5 heterocycles. The summed E-state index contributed by atoms with van der Waals surface area (Å²) in [5.74, 6) is 1.05. The molecule has 0 atom stereocenters. The fraction of sp³-hybridized carbons (Fsp3) is 0.484. The van der Waals surface area contributed by atoms with Gasteiger partial charge in [0.2, 0.25) is 0 Å². The second-order valence-corrected chi connectivity index (χ2v) is 11.7. The Balaban J connectivity index is 1.21. The quantitative estimate of drug-likeness (QED) is 0.424. The van der Waals surface area contributed by atoms with Gasteiger partial charge in [-0.1, -0.05) is 19.9 Å². The SMILES string of the molecule is CC1(C)CCN(CCCN2CCCC2)c2cc(Nc3nccc4c3CCN(c3ncccc3F)C4)ccc21. The number of hydrogen-bond donors (Lipinski definition) is 1. The van der Waals surface area contributed by atoms with E-state index in [1.807, 2.05) is 17.2 Å². The van der Waals surface area contributed by atoms with E-state index < -0.39 is 0 Å². The Morgan fingerprint density at radius 1 is 0.974 bits per heavy atom. The van der Waals surface area contributed by atoms with Gasteiger partial charge in [0.05, 0.1) is 0 Å². The zero-order valence-corrected chi connectivity index (χ0v) is 22.7. The first-order valence-electron chi connectivity index (χ1n) is 14.2. The highest BCUT2D eigenvalue weighted by atomic mass is 19.1. The number of hydrogen-bond acceptors (Lipinski definition) is 6. The molecule has 200 valence electrons. The molecule has 1 saturated heterocycles. The van der Waals surface area contributed by atoms with Crippen LogP contribution in [0.15, 0.2) is 48.8 Å². The van der Waals surface area contributed by atoms with Crippen molar-refractivity contribution in [2.75, 3.05) is 54.4 Å². The van der Waals surface area contributed by atoms with E-state index in [4.69, 9.17) is 4.98 Å². The molecule has 0 aliphatic carbocycles. The molecule has 3 aliphatic rings. The van der Waals surface area contributed by atoms with Crippen LogP contribution in [0.3, 0.4) is 0 Å². The predicted octanol–water partition coefficient (Wildman–Crippen LogP) is 5.90. The molecule has 38 heavy (non-hydrogen) atoms. The monoisotopic (exact) mass is 514 g/mol. The van der Waals surface area contributed by atoms with E-state index >= 15 is 0 Å². The van der Waals surface area contributed by atoms with Crippen molar-refractivity contribution in [3.8, 4) is 0 Å². The number of benzene rings is 1. The summed E-state index contributed by atoms with van der Waals surface area (Å²) < 4.78 is 14.4. The van der Waals surface area contributed by atoms with Crippen LogP contribution in [-0.2, 0) is 18.4 Å². The lowest BCUT2D eigenvalue weighted by Gasteiger charge is -2.41. The van der Waals surface area contributed by atoms with Crippen LogP contribution < -0.4 is 15.1 Å². The fourth-order valence-corrected chi connectivity index (χ4v) is 6.36. The van der Waals surface area contributed by atoms with Gasteiger partial charge in [0.25, 0.3) is 0 Å². The molecule has 0 unspecified atom stereocenters. The van der Waals surface area contributed by atoms with Gasteiger partial charge >= 0.3 is 0 Å². The lowest BCUT2D eigenvalue weighted by atomic mass is 9.77. The number of anilines is 4. The van der Waals surface area contributed by atoms with Crippen molar-refractivity contribution in [2.45, 2.75) is 57.9 Å². The van der Waals surface area contributed by atoms with Crippen molar-refractivity contribution >= 4 is 23.0 Å². The number of rotatable bonds is 7. The molecule has 2 aromatic heterocycles. The van der Waals surface area contributed by atoms with Gasteiger partial charge in [0.1, 0.15) is 5.82 Å². The number of halogens is 1. The van der Waals surface area contributed by atoms with Crippen LogP contribution in [0.5, 0.6) is 0 Å². The highest BCUT2D eigenvalue weighted by Gasteiger charge is 2.31. The minimum absolute atomic E-state index is 0.174. The van der Waals surface area contributed by atoms with E-state index in [1.54, 1.807) is 12.3 Å². The number of pyridine rings is 2. The van der Waals surface area contributed by atoms with E-state index in [2.05, 4.69) is 52.1 Å². The summed E-state index contributed by atoms with van der Waals surface area (Å²) in [7, 11) is 0. The molecule has 1 aromatic carbocycles. The van der Waals surface area contributed by atoms with Crippen molar-refractivity contribution < 1.29 is 4.39 Å². The summed E-state index contributed by atoms with van der Waals surface area (Å²) in [5, 5.41) is 3.64. The summed E-state index contributed by atoms with van der Waals surface area (Å²) in [4.78, 5) is 16.2. The van der Waals surface area contributed by atoms with Crippen LogP contribution in [0.2, 0.25) is 0 Å². The number of nitrogens with zero attached hydrogens (tertiary/aromatic N) is 5. The van der Waals surface area contributed by atoms with Crippen molar-refractivity contribution in [3.63, 3.8) is 0 Å². The van der Waals surface area contributed by atoms with Gasteiger partial charge in [-0.2, -0.15) is 0 Å². The van der Waals surface area contributed by atoms with Gasteiger partial charge in [0, 0.05) is 55.5 Å². The molecule has 7 heteroatoms. The Bertz CT molecular complexity index is 1290. The topological polar surface area (TPSA) is 47.5 Å². The molecule has 0 spiro atoms. The predicted molar refractivity (Wildman–Crippen MR) is 153 cm³/mol. The first kappa shape index (κ1) is 25.1. The van der Waals surface area contributed by atoms with Gasteiger partial charge < -0.3 is 20.0 Å². The van der Waals surface area contributed by atoms with Crippen molar-refractivity contribution in [2.24, 2.45) is 0 Å². The van der Waals surface area contributed by atoms with Gasteiger partial charge in [-0.25, -0.2) is 14.4 Å². The molecule has 0 radical (unpaired) electrons. The minimum atomic E-state index is -0.273. The van der Waals surface area contributed by atoms with Gasteiger partial charge in [-0.15, -0.1) is 0 Å². The van der Waals surface area contributed by atoms with Gasteiger partial charge in [-0.3, -0.25) is 0 Å². The smallest absolute Gasteiger partial charge is 0.165 e. The molecule has 3 aromatic rings. The largest absolute Gasteiger partial charge is 0.371 e. The third-order valence-electron chi connectivity index (χ3n) is 8.62. The molecule has 0 saturated carbocycles. The van der Waals surface area contributed by atoms with E-state index in [1.165, 1.54) is 73.8 Å². The Labute approximate surface area is 225 Å². The van der Waals surface area contributed by atoms with E-state index in [0.717, 1.165) is 31.0 Å². The van der Waals surface area contributed by atoms with Crippen LogP contribution >= 0.6 is 0 Å². The van der Waals surface area contributed by atoms with Crippen LogP contribution in [-0.4, -0.2) is 54.1 Å². The maximum atomic E-state index is 14.4. The Hall–Kier alpha value is -3.19. The molecule has 1 N–H and O–H groups in total. The summed E-state index contributed by atoms with van der Waals surface area (Å²) in [5.41, 5.74) is 6.42. The second-order valence-electron chi connectivity index (χ2n) is 11.7. The second kappa shape index (κ2) is 10.5. The molecule has 0 amide bonds. The van der Waals surface area contributed by atoms with Crippen LogP contribution in [0.1, 0.15) is 56.2 Å². The molecule has 6 nitrogen and oxygen atoms in total. The molecule has 3 aliphatic heterocycles. The van der Waals surface area contributed by atoms with Crippen molar-refractivity contribution in [3.05, 3.63) is 71.3 Å². The first-order valence-corrected chi connectivity index (χ1v) is 14.2. The normalized spacial score (nSPS) is 18.8. The fourth-order valence-electron chi connectivity index (χ4n) is 6.36. The van der Waals surface area contributed by atoms with E-state index in [9.17, 15) is 4.39 Å². The van der Waals surface area contributed by atoms with Crippen LogP contribution in [0.25, 0.3) is 0 Å². The van der Waals surface area contributed by atoms with Crippen LogP contribution in [0, 0.1) is 5.82 Å². The summed E-state index contributed by atoms with van der Waals surface area (Å²) >= 11 is 0. The number of aromatic nitrogens is 2. The maximum absolute atomic E-state index is 14.4. The van der Waals surface area contributed by atoms with Gasteiger partial charge in [0.15, 0.2) is 11.6 Å². The molecular weight excluding hydrogens is 475 g/mol. The lowest BCUT2D eigenvalue weighted by Crippen LogP contribution is -2.38. The average molecular weight is 515 g/mol. The Morgan fingerprint density at radius 3 is 2.68 bits per heavy atom. The minimum Gasteiger partial charge on any atom is -0.371 e. The average Bonchev–Trinajstić information content (AvgIpc) is 3.44. The highest BCUT2D eigenvalue weighted by Crippen LogP contribution is 2.41. The Morgan fingerprint density at radius 2 is 1.84 bits per heavy atom. The molecule has 6 rings (SSSR count). The molecular formula is C31H39FN6. The number of nitrogens with one attached hydrogen (secondary N) is 1. The van der Waals surface area contributed by atoms with Crippen molar-refractivity contribution in [1.29, 1.82) is 0 Å². The number of fused-ring (bicyclic) bond motifs is 2. The lowest BCUT2D eigenvalue weighted by molar-refractivity contribution is 0.332. The van der Waals surface area contributed by atoms with Gasteiger partial charge in [-0.05, 0) is 98.6 Å². The first-order chi connectivity index (χ1) is 18.5. The summed E-state index contributed by atoms with van der Waals surface area (Å²) in [6.07, 6.45) is 9.39. The van der Waals surface area contributed by atoms with E-state index in [0.29, 0.717) is 18.9 Å². The standard InChI is InChI=1S/C31H39FN6/c1-31(2)12-20-37(18-6-17-36-15-3-4-16-36)28-21-24(8-9-26(28)31)35-29-25-11-19-38(22-23(25)10-14-33-29)30-27(32)7-5-13-34-30/h5,7-10,13-14,21H,3-4,6,11-12,15-20,22H2,1-2H3,(H,33,35). The summed E-state index contributed by atoms with van der Waals surface area (Å²) in [6, 6.07) is 12.0. The van der Waals surface area contributed by atoms with Crippen molar-refractivity contribution in [1.82, 2.24) is 14.9 Å². The third kappa shape index (κ3) is 5.08. The van der Waals surface area contributed by atoms with Crippen LogP contribution in [0.4, 0.5) is 27.4 Å². The zero-order chi connectivity index (χ0) is 26.1. The molecule has 1 fully saturated rings. The molecule has 0 bridgehead atoms. The van der Waals surface area contributed by atoms with E-state index in [-0.39, 0.29) is 11.2 Å². The highest BCUT2D eigenvalue weighted by molar-refractivity contribution is 5.70. The zero-order valence-electron chi connectivity index (χ0n) is 22.7.